The predicted molar refractivity (Wildman–Crippen MR) is 124 cm³/mol. The van der Waals surface area contributed by atoms with Crippen LogP contribution in [0.4, 0.5) is 4.79 Å². The Hall–Kier alpha value is -4.40. The summed E-state index contributed by atoms with van der Waals surface area (Å²) < 4.78 is 7.55. The summed E-state index contributed by atoms with van der Waals surface area (Å²) in [7, 11) is 1.62. The molecule has 0 spiro atoms. The standard InChI is InChI=1S/C25H23N5O4/c1-25(21-12-18-8-6-7-11-20(18)34-21)23(32)29(24(33)27-25)16-22(31)28(2)14-17-13-26-30(15-17)19-9-4-3-5-10-19/h3-13,15H,14,16H2,1-2H3,(H,27,33)/t25-/m0/s1. The number of para-hydroxylation sites is 2. The van der Waals surface area contributed by atoms with Crippen LogP contribution >= 0.6 is 0 Å². The van der Waals surface area contributed by atoms with Crippen molar-refractivity contribution in [3.63, 3.8) is 0 Å². The van der Waals surface area contributed by atoms with E-state index in [1.165, 1.54) is 4.90 Å². The third-order valence-corrected chi connectivity index (χ3v) is 5.99. The molecule has 9 heteroatoms. The van der Waals surface area contributed by atoms with Gasteiger partial charge in [0.05, 0.1) is 11.9 Å². The zero-order valence-electron chi connectivity index (χ0n) is 18.8. The minimum Gasteiger partial charge on any atom is -0.458 e. The van der Waals surface area contributed by atoms with E-state index in [-0.39, 0.29) is 19.0 Å². The maximum Gasteiger partial charge on any atom is 0.325 e. The van der Waals surface area contributed by atoms with Gasteiger partial charge in [-0.15, -0.1) is 0 Å². The number of hydrogen-bond donors (Lipinski definition) is 1. The van der Waals surface area contributed by atoms with Crippen LogP contribution in [0.1, 0.15) is 18.2 Å². The highest BCUT2D eigenvalue weighted by molar-refractivity contribution is 6.09. The van der Waals surface area contributed by atoms with Crippen LogP contribution in [0.25, 0.3) is 16.7 Å². The number of urea groups is 1. The summed E-state index contributed by atoms with van der Waals surface area (Å²) in [4.78, 5) is 41.1. The van der Waals surface area contributed by atoms with Crippen LogP contribution in [0.2, 0.25) is 0 Å². The highest BCUT2D eigenvalue weighted by atomic mass is 16.3. The maximum absolute atomic E-state index is 13.2. The van der Waals surface area contributed by atoms with E-state index in [9.17, 15) is 14.4 Å². The lowest BCUT2D eigenvalue weighted by Gasteiger charge is -2.21. The van der Waals surface area contributed by atoms with Crippen molar-refractivity contribution in [1.82, 2.24) is 24.9 Å². The smallest absolute Gasteiger partial charge is 0.325 e. The molecule has 1 saturated heterocycles. The maximum atomic E-state index is 13.2. The Morgan fingerprint density at radius 2 is 1.85 bits per heavy atom. The van der Waals surface area contributed by atoms with Gasteiger partial charge in [-0.2, -0.15) is 5.10 Å². The normalized spacial score (nSPS) is 17.9. The summed E-state index contributed by atoms with van der Waals surface area (Å²) in [6.45, 7) is 1.50. The van der Waals surface area contributed by atoms with E-state index in [1.807, 2.05) is 54.7 Å². The minimum absolute atomic E-state index is 0.288. The molecule has 2 aromatic carbocycles. The number of imide groups is 1. The quantitative estimate of drug-likeness (QED) is 0.449. The largest absolute Gasteiger partial charge is 0.458 e. The molecule has 0 saturated carbocycles. The lowest BCUT2D eigenvalue weighted by atomic mass is 9.99. The first kappa shape index (κ1) is 21.4. The Balaban J connectivity index is 1.27. The van der Waals surface area contributed by atoms with Crippen molar-refractivity contribution in [3.8, 4) is 5.69 Å². The van der Waals surface area contributed by atoms with Crippen molar-refractivity contribution >= 4 is 28.8 Å². The first-order chi connectivity index (χ1) is 16.3. The summed E-state index contributed by atoms with van der Waals surface area (Å²) >= 11 is 0. The van der Waals surface area contributed by atoms with Crippen molar-refractivity contribution in [2.75, 3.05) is 13.6 Å². The predicted octanol–water partition coefficient (Wildman–Crippen LogP) is 3.04. The molecular formula is C25H23N5O4. The van der Waals surface area contributed by atoms with Gasteiger partial charge in [0, 0.05) is 30.7 Å². The fourth-order valence-electron chi connectivity index (χ4n) is 4.02. The van der Waals surface area contributed by atoms with E-state index < -0.39 is 17.5 Å². The van der Waals surface area contributed by atoms with E-state index in [0.717, 1.165) is 21.5 Å². The number of fused-ring (bicyclic) bond motifs is 1. The van der Waals surface area contributed by atoms with Gasteiger partial charge in [-0.1, -0.05) is 36.4 Å². The van der Waals surface area contributed by atoms with Gasteiger partial charge in [0.15, 0.2) is 5.54 Å². The summed E-state index contributed by atoms with van der Waals surface area (Å²) in [5.41, 5.74) is 0.966. The monoisotopic (exact) mass is 457 g/mol. The van der Waals surface area contributed by atoms with Gasteiger partial charge < -0.3 is 14.6 Å². The molecule has 1 atom stereocenters. The molecular weight excluding hydrogens is 434 g/mol. The second-order valence-electron chi connectivity index (χ2n) is 8.47. The average molecular weight is 457 g/mol. The number of amides is 4. The molecule has 0 radical (unpaired) electrons. The highest BCUT2D eigenvalue weighted by Gasteiger charge is 2.51. The lowest BCUT2D eigenvalue weighted by molar-refractivity contribution is -0.138. The van der Waals surface area contributed by atoms with E-state index in [1.54, 1.807) is 37.0 Å². The van der Waals surface area contributed by atoms with Crippen molar-refractivity contribution in [2.24, 2.45) is 0 Å². The molecule has 9 nitrogen and oxygen atoms in total. The molecule has 34 heavy (non-hydrogen) atoms. The fourth-order valence-corrected chi connectivity index (χ4v) is 4.02. The molecule has 0 aliphatic carbocycles. The van der Waals surface area contributed by atoms with Crippen LogP contribution in [-0.4, -0.2) is 51.0 Å². The number of nitrogens with zero attached hydrogens (tertiary/aromatic N) is 4. The number of furan rings is 1. The van der Waals surface area contributed by atoms with Gasteiger partial charge in [0.2, 0.25) is 5.91 Å². The Labute approximate surface area is 195 Å². The lowest BCUT2D eigenvalue weighted by Crippen LogP contribution is -2.43. The van der Waals surface area contributed by atoms with Crippen molar-refractivity contribution in [3.05, 3.63) is 84.4 Å². The zero-order valence-corrected chi connectivity index (χ0v) is 18.8. The second kappa shape index (κ2) is 8.18. The number of likely N-dealkylation sites (N-methyl/N-ethyl adjacent to an activating group) is 1. The number of carbonyl (C=O) groups is 3. The fraction of sp³-hybridized carbons (Fsp3) is 0.200. The average Bonchev–Trinajstić information content (AvgIpc) is 3.54. The number of aromatic nitrogens is 2. The molecule has 2 aromatic heterocycles. The minimum atomic E-state index is -1.38. The van der Waals surface area contributed by atoms with E-state index in [0.29, 0.717) is 11.3 Å². The number of benzene rings is 2. The first-order valence-corrected chi connectivity index (χ1v) is 10.8. The Morgan fingerprint density at radius 3 is 2.62 bits per heavy atom. The Bertz CT molecular complexity index is 1360. The van der Waals surface area contributed by atoms with Crippen molar-refractivity contribution in [1.29, 1.82) is 0 Å². The molecule has 3 heterocycles. The molecule has 5 rings (SSSR count). The SMILES string of the molecule is CN(Cc1cnn(-c2ccccc2)c1)C(=O)CN1C(=O)N[C@@](C)(c2cc3ccccc3o2)C1=O. The van der Waals surface area contributed by atoms with Gasteiger partial charge in [0.1, 0.15) is 17.9 Å². The van der Waals surface area contributed by atoms with Crippen LogP contribution in [0, 0.1) is 0 Å². The van der Waals surface area contributed by atoms with Crippen molar-refractivity contribution in [2.45, 2.75) is 19.0 Å². The summed E-state index contributed by atoms with van der Waals surface area (Å²) in [5.74, 6) is -0.580. The topological polar surface area (TPSA) is 101 Å². The van der Waals surface area contributed by atoms with Crippen molar-refractivity contribution < 1.29 is 18.8 Å². The van der Waals surface area contributed by atoms with Crippen LogP contribution in [0.3, 0.4) is 0 Å². The molecule has 4 amide bonds. The highest BCUT2D eigenvalue weighted by Crippen LogP contribution is 2.33. The zero-order chi connectivity index (χ0) is 23.9. The molecule has 172 valence electrons. The van der Waals surface area contributed by atoms with E-state index in [2.05, 4.69) is 10.4 Å². The molecule has 1 aliphatic heterocycles. The van der Waals surface area contributed by atoms with Gasteiger partial charge in [-0.25, -0.2) is 9.48 Å². The first-order valence-electron chi connectivity index (χ1n) is 10.8. The molecule has 0 unspecified atom stereocenters. The van der Waals surface area contributed by atoms with Gasteiger partial charge in [-0.05, 0) is 31.2 Å². The molecule has 1 aliphatic rings. The van der Waals surface area contributed by atoms with Gasteiger partial charge in [0.25, 0.3) is 5.91 Å². The Morgan fingerprint density at radius 1 is 1.12 bits per heavy atom. The van der Waals surface area contributed by atoms with Crippen LogP contribution < -0.4 is 5.32 Å². The third-order valence-electron chi connectivity index (χ3n) is 5.99. The summed E-state index contributed by atoms with van der Waals surface area (Å²) in [6, 6.07) is 18.1. The number of nitrogens with one attached hydrogen (secondary N) is 1. The van der Waals surface area contributed by atoms with E-state index in [4.69, 9.17) is 4.42 Å². The van der Waals surface area contributed by atoms with E-state index >= 15 is 0 Å². The number of rotatable bonds is 6. The van der Waals surface area contributed by atoms with Gasteiger partial charge >= 0.3 is 6.03 Å². The van der Waals surface area contributed by atoms with Crippen LogP contribution in [-0.2, 0) is 21.7 Å². The van der Waals surface area contributed by atoms with Gasteiger partial charge in [-0.3, -0.25) is 14.5 Å². The second-order valence-corrected chi connectivity index (χ2v) is 8.47. The molecule has 1 N–H and O–H groups in total. The Kier molecular flexibility index (Phi) is 5.16. The number of carbonyl (C=O) groups excluding carboxylic acids is 3. The van der Waals surface area contributed by atoms with Crippen LogP contribution in [0.5, 0.6) is 0 Å². The molecule has 1 fully saturated rings. The number of hydrogen-bond acceptors (Lipinski definition) is 5. The molecule has 0 bridgehead atoms. The summed E-state index contributed by atoms with van der Waals surface area (Å²) in [6.07, 6.45) is 3.52. The van der Waals surface area contributed by atoms with Crippen LogP contribution in [0.15, 0.2) is 77.5 Å². The molecule has 4 aromatic rings. The third kappa shape index (κ3) is 3.71. The summed E-state index contributed by atoms with van der Waals surface area (Å²) in [5, 5.41) is 7.84.